The van der Waals surface area contributed by atoms with Gasteiger partial charge >= 0.3 is 0 Å². The van der Waals surface area contributed by atoms with E-state index in [0.29, 0.717) is 36.8 Å². The lowest BCUT2D eigenvalue weighted by Gasteiger charge is -2.15. The van der Waals surface area contributed by atoms with E-state index in [1.165, 1.54) is 0 Å². The second-order valence-corrected chi connectivity index (χ2v) is 6.11. The Kier molecular flexibility index (Phi) is 7.61. The smallest absolute Gasteiger partial charge is 0.220 e. The lowest BCUT2D eigenvalue weighted by atomic mass is 10.1. The summed E-state index contributed by atoms with van der Waals surface area (Å²) in [6.45, 7) is 4.92. The fraction of sp³-hybridized carbons (Fsp3) is 0.350. The average Bonchev–Trinajstić information content (AvgIpc) is 2.60. The predicted molar refractivity (Wildman–Crippen MR) is 100 cm³/mol. The molecule has 0 saturated carbocycles. The summed E-state index contributed by atoms with van der Waals surface area (Å²) in [5.41, 5.74) is 0.989. The van der Waals surface area contributed by atoms with Crippen molar-refractivity contribution < 1.29 is 14.3 Å². The van der Waals surface area contributed by atoms with Crippen LogP contribution in [0.15, 0.2) is 48.5 Å². The third kappa shape index (κ3) is 6.31. The molecule has 0 aromatic heterocycles. The fourth-order valence-corrected chi connectivity index (χ4v) is 2.63. The molecule has 0 fully saturated rings. The third-order valence-corrected chi connectivity index (χ3v) is 3.92. The highest BCUT2D eigenvalue weighted by atomic mass is 35.5. The van der Waals surface area contributed by atoms with Crippen LogP contribution >= 0.6 is 11.6 Å². The summed E-state index contributed by atoms with van der Waals surface area (Å²) in [4.78, 5) is 12.1. The van der Waals surface area contributed by atoms with Gasteiger partial charge in [-0.05, 0) is 50.1 Å². The number of ether oxygens (including phenoxy) is 2. The molecule has 0 aliphatic heterocycles. The zero-order valence-corrected chi connectivity index (χ0v) is 15.4. The molecule has 0 spiro atoms. The molecule has 5 heteroatoms. The molecule has 4 nitrogen and oxygen atoms in total. The maximum absolute atomic E-state index is 12.1. The number of rotatable bonds is 9. The van der Waals surface area contributed by atoms with E-state index in [1.807, 2.05) is 62.4 Å². The summed E-state index contributed by atoms with van der Waals surface area (Å²) in [5.74, 6) is 1.43. The van der Waals surface area contributed by atoms with Crippen molar-refractivity contribution in [2.75, 3.05) is 13.2 Å². The fourth-order valence-electron chi connectivity index (χ4n) is 2.43. The minimum Gasteiger partial charge on any atom is -0.490 e. The van der Waals surface area contributed by atoms with Gasteiger partial charge in [-0.1, -0.05) is 35.9 Å². The van der Waals surface area contributed by atoms with Gasteiger partial charge in [0, 0.05) is 11.4 Å². The maximum Gasteiger partial charge on any atom is 0.220 e. The number of para-hydroxylation sites is 2. The SMILES string of the molecule is CCOc1ccccc1OCCCC(=O)N[C@H](C)c1cccc(Cl)c1. The number of amides is 1. The molecule has 0 aliphatic carbocycles. The van der Waals surface area contributed by atoms with E-state index in [4.69, 9.17) is 21.1 Å². The first kappa shape index (κ1) is 19.1. The minimum atomic E-state index is -0.0780. The molecule has 0 saturated heterocycles. The number of carbonyl (C=O) groups is 1. The largest absolute Gasteiger partial charge is 0.490 e. The minimum absolute atomic E-state index is 0.00540. The summed E-state index contributed by atoms with van der Waals surface area (Å²) in [7, 11) is 0. The Morgan fingerprint density at radius 1 is 1.12 bits per heavy atom. The van der Waals surface area contributed by atoms with E-state index in [1.54, 1.807) is 0 Å². The number of benzene rings is 2. The van der Waals surface area contributed by atoms with Crippen LogP contribution in [-0.4, -0.2) is 19.1 Å². The van der Waals surface area contributed by atoms with Gasteiger partial charge < -0.3 is 14.8 Å². The van der Waals surface area contributed by atoms with Gasteiger partial charge in [-0.15, -0.1) is 0 Å². The summed E-state index contributed by atoms with van der Waals surface area (Å²) in [5, 5.41) is 3.64. The van der Waals surface area contributed by atoms with E-state index >= 15 is 0 Å². The van der Waals surface area contributed by atoms with Crippen LogP contribution in [-0.2, 0) is 4.79 Å². The molecule has 1 N–H and O–H groups in total. The standard InChI is InChI=1S/C20H24ClNO3/c1-3-24-18-10-4-5-11-19(18)25-13-7-12-20(23)22-15(2)16-8-6-9-17(21)14-16/h4-6,8-11,14-15H,3,7,12-13H2,1-2H3,(H,22,23)/t15-/m1/s1. The van der Waals surface area contributed by atoms with E-state index in [-0.39, 0.29) is 11.9 Å². The first-order chi connectivity index (χ1) is 12.1. The quantitative estimate of drug-likeness (QED) is 0.654. The van der Waals surface area contributed by atoms with Crippen LogP contribution in [0.1, 0.15) is 38.3 Å². The zero-order valence-electron chi connectivity index (χ0n) is 14.6. The highest BCUT2D eigenvalue weighted by molar-refractivity contribution is 6.30. The lowest BCUT2D eigenvalue weighted by Crippen LogP contribution is -2.26. The van der Waals surface area contributed by atoms with E-state index in [9.17, 15) is 4.79 Å². The molecular formula is C20H24ClNO3. The Hall–Kier alpha value is -2.20. The Morgan fingerprint density at radius 2 is 1.84 bits per heavy atom. The summed E-state index contributed by atoms with van der Waals surface area (Å²) in [6.07, 6.45) is 1.04. The molecule has 25 heavy (non-hydrogen) atoms. The Labute approximate surface area is 154 Å². The van der Waals surface area contributed by atoms with Gasteiger partial charge in [0.25, 0.3) is 0 Å². The van der Waals surface area contributed by atoms with E-state index < -0.39 is 0 Å². The van der Waals surface area contributed by atoms with Crippen LogP contribution in [0.3, 0.4) is 0 Å². The van der Waals surface area contributed by atoms with Gasteiger partial charge in [0.2, 0.25) is 5.91 Å². The topological polar surface area (TPSA) is 47.6 Å². The molecule has 1 amide bonds. The Morgan fingerprint density at radius 3 is 2.52 bits per heavy atom. The third-order valence-electron chi connectivity index (χ3n) is 3.68. The molecule has 0 aliphatic rings. The maximum atomic E-state index is 12.1. The van der Waals surface area contributed by atoms with Crippen LogP contribution in [0.4, 0.5) is 0 Å². The molecule has 1 atom stereocenters. The molecular weight excluding hydrogens is 338 g/mol. The number of halogens is 1. The van der Waals surface area contributed by atoms with Crippen molar-refractivity contribution in [3.8, 4) is 11.5 Å². The first-order valence-electron chi connectivity index (χ1n) is 8.49. The first-order valence-corrected chi connectivity index (χ1v) is 8.87. The number of hydrogen-bond donors (Lipinski definition) is 1. The zero-order chi connectivity index (χ0) is 18.1. The van der Waals surface area contributed by atoms with Crippen molar-refractivity contribution >= 4 is 17.5 Å². The molecule has 2 aromatic carbocycles. The van der Waals surface area contributed by atoms with Gasteiger partial charge in [-0.25, -0.2) is 0 Å². The number of nitrogens with one attached hydrogen (secondary N) is 1. The van der Waals surface area contributed by atoms with Crippen LogP contribution in [0.2, 0.25) is 5.02 Å². The summed E-state index contributed by atoms with van der Waals surface area (Å²) >= 11 is 5.98. The van der Waals surface area contributed by atoms with Crippen LogP contribution in [0.5, 0.6) is 11.5 Å². The van der Waals surface area contributed by atoms with Gasteiger partial charge in [-0.2, -0.15) is 0 Å². The second-order valence-electron chi connectivity index (χ2n) is 5.68. The van der Waals surface area contributed by atoms with Crippen molar-refractivity contribution in [3.63, 3.8) is 0 Å². The number of hydrogen-bond acceptors (Lipinski definition) is 3. The highest BCUT2D eigenvalue weighted by Gasteiger charge is 2.10. The van der Waals surface area contributed by atoms with Gasteiger partial charge in [0.05, 0.1) is 19.3 Å². The van der Waals surface area contributed by atoms with Crippen molar-refractivity contribution in [2.24, 2.45) is 0 Å². The van der Waals surface area contributed by atoms with Crippen LogP contribution < -0.4 is 14.8 Å². The van der Waals surface area contributed by atoms with Gasteiger partial charge in [0.1, 0.15) is 0 Å². The van der Waals surface area contributed by atoms with Gasteiger partial charge in [-0.3, -0.25) is 4.79 Å². The van der Waals surface area contributed by atoms with Crippen LogP contribution in [0, 0.1) is 0 Å². The van der Waals surface area contributed by atoms with Crippen molar-refractivity contribution in [2.45, 2.75) is 32.7 Å². The molecule has 0 heterocycles. The van der Waals surface area contributed by atoms with Crippen molar-refractivity contribution in [3.05, 3.63) is 59.1 Å². The molecule has 2 aromatic rings. The summed E-state index contributed by atoms with van der Waals surface area (Å²) < 4.78 is 11.2. The average molecular weight is 362 g/mol. The monoisotopic (exact) mass is 361 g/mol. The van der Waals surface area contributed by atoms with E-state index in [0.717, 1.165) is 11.3 Å². The Balaban J connectivity index is 1.74. The highest BCUT2D eigenvalue weighted by Crippen LogP contribution is 2.26. The molecule has 2 rings (SSSR count). The van der Waals surface area contributed by atoms with Crippen LogP contribution in [0.25, 0.3) is 0 Å². The molecule has 0 unspecified atom stereocenters. The number of carbonyl (C=O) groups excluding carboxylic acids is 1. The molecule has 0 bridgehead atoms. The van der Waals surface area contributed by atoms with Crippen molar-refractivity contribution in [1.29, 1.82) is 0 Å². The normalized spacial score (nSPS) is 11.6. The van der Waals surface area contributed by atoms with Gasteiger partial charge in [0.15, 0.2) is 11.5 Å². The predicted octanol–water partition coefficient (Wildman–Crippen LogP) is 4.78. The molecule has 134 valence electrons. The summed E-state index contributed by atoms with van der Waals surface area (Å²) in [6, 6.07) is 15.0. The Bertz CT molecular complexity index is 690. The second kappa shape index (κ2) is 9.94. The molecule has 0 radical (unpaired) electrons. The lowest BCUT2D eigenvalue weighted by molar-refractivity contribution is -0.121. The van der Waals surface area contributed by atoms with Crippen molar-refractivity contribution in [1.82, 2.24) is 5.32 Å². The van der Waals surface area contributed by atoms with E-state index in [2.05, 4.69) is 5.32 Å².